The number of hydrogen-bond acceptors (Lipinski definition) is 4. The summed E-state index contributed by atoms with van der Waals surface area (Å²) >= 11 is 0. The van der Waals surface area contributed by atoms with Crippen LogP contribution in [0.15, 0.2) is 88.1 Å². The van der Waals surface area contributed by atoms with Crippen LogP contribution in [0.5, 0.6) is 0 Å². The molecule has 0 aliphatic carbocycles. The highest BCUT2D eigenvalue weighted by atomic mass is 16.4. The number of amides is 1. The molecule has 1 aromatic heterocycles. The molecular formula is C28H26N2O3. The smallest absolute Gasteiger partial charge is 0.344 e. The second-order valence-corrected chi connectivity index (χ2v) is 8.70. The lowest BCUT2D eigenvalue weighted by molar-refractivity contribution is 0.102. The van der Waals surface area contributed by atoms with Crippen molar-refractivity contribution in [2.45, 2.75) is 19.8 Å². The van der Waals surface area contributed by atoms with Crippen molar-refractivity contribution < 1.29 is 9.21 Å². The maximum absolute atomic E-state index is 13.0. The molecule has 5 heteroatoms. The van der Waals surface area contributed by atoms with E-state index >= 15 is 0 Å². The highest BCUT2D eigenvalue weighted by molar-refractivity contribution is 6.06. The Kier molecular flexibility index (Phi) is 5.69. The number of benzene rings is 3. The number of piperidine rings is 1. The van der Waals surface area contributed by atoms with Crippen LogP contribution in [0.2, 0.25) is 0 Å². The van der Waals surface area contributed by atoms with E-state index in [-0.39, 0.29) is 5.91 Å². The van der Waals surface area contributed by atoms with E-state index < -0.39 is 5.63 Å². The highest BCUT2D eigenvalue weighted by Gasteiger charge is 2.19. The number of fused-ring (bicyclic) bond motifs is 1. The standard InChI is InChI=1S/C28H26N2O3/c1-19-14-16-30(17-15-19)25-8-4-3-7-24(25)29-27(31)21-12-10-20(11-13-21)23-18-22-6-2-5-9-26(22)33-28(23)32/h2-13,18-19H,14-17H2,1H3,(H,29,31). The van der Waals surface area contributed by atoms with E-state index in [1.165, 1.54) is 0 Å². The summed E-state index contributed by atoms with van der Waals surface area (Å²) in [5, 5.41) is 3.93. The first-order valence-corrected chi connectivity index (χ1v) is 11.4. The molecule has 1 N–H and O–H groups in total. The van der Waals surface area contributed by atoms with Crippen LogP contribution in [-0.4, -0.2) is 19.0 Å². The van der Waals surface area contributed by atoms with Gasteiger partial charge in [-0.25, -0.2) is 4.79 Å². The number of nitrogens with zero attached hydrogens (tertiary/aromatic N) is 1. The molecule has 5 nitrogen and oxygen atoms in total. The first kappa shape index (κ1) is 21.0. The Balaban J connectivity index is 1.36. The zero-order valence-electron chi connectivity index (χ0n) is 18.6. The molecule has 1 aliphatic heterocycles. The first-order chi connectivity index (χ1) is 16.1. The molecule has 4 aromatic rings. The van der Waals surface area contributed by atoms with Crippen molar-refractivity contribution in [2.75, 3.05) is 23.3 Å². The van der Waals surface area contributed by atoms with E-state index in [0.717, 1.165) is 48.6 Å². The van der Waals surface area contributed by atoms with E-state index in [2.05, 4.69) is 23.2 Å². The summed E-state index contributed by atoms with van der Waals surface area (Å²) in [5.74, 6) is 0.566. The van der Waals surface area contributed by atoms with Crippen LogP contribution < -0.4 is 15.8 Å². The van der Waals surface area contributed by atoms with Crippen LogP contribution in [0.1, 0.15) is 30.1 Å². The van der Waals surface area contributed by atoms with Crippen LogP contribution in [0.4, 0.5) is 11.4 Å². The number of carbonyl (C=O) groups is 1. The number of anilines is 2. The number of para-hydroxylation sites is 3. The maximum Gasteiger partial charge on any atom is 0.344 e. The molecule has 2 heterocycles. The Hall–Kier alpha value is -3.86. The molecule has 0 saturated carbocycles. The van der Waals surface area contributed by atoms with E-state index in [0.29, 0.717) is 22.3 Å². The van der Waals surface area contributed by atoms with Gasteiger partial charge >= 0.3 is 5.63 Å². The molecular weight excluding hydrogens is 412 g/mol. The van der Waals surface area contributed by atoms with Gasteiger partial charge in [0.05, 0.1) is 16.9 Å². The second kappa shape index (κ2) is 8.94. The molecule has 1 saturated heterocycles. The van der Waals surface area contributed by atoms with Crippen molar-refractivity contribution in [3.05, 3.63) is 94.8 Å². The summed E-state index contributed by atoms with van der Waals surface area (Å²) in [5.41, 5.74) is 3.77. The van der Waals surface area contributed by atoms with Crippen LogP contribution >= 0.6 is 0 Å². The highest BCUT2D eigenvalue weighted by Crippen LogP contribution is 2.30. The Morgan fingerprint density at radius 3 is 2.42 bits per heavy atom. The molecule has 5 rings (SSSR count). The number of nitrogens with one attached hydrogen (secondary N) is 1. The van der Waals surface area contributed by atoms with Crippen molar-refractivity contribution in [1.29, 1.82) is 0 Å². The molecule has 1 aliphatic rings. The van der Waals surface area contributed by atoms with Gasteiger partial charge in [0.1, 0.15) is 5.58 Å². The van der Waals surface area contributed by atoms with Crippen molar-refractivity contribution >= 4 is 28.3 Å². The summed E-state index contributed by atoms with van der Waals surface area (Å²) in [4.78, 5) is 27.8. The largest absolute Gasteiger partial charge is 0.422 e. The summed E-state index contributed by atoms with van der Waals surface area (Å²) in [6, 6.07) is 24.3. The van der Waals surface area contributed by atoms with Gasteiger partial charge in [0.25, 0.3) is 5.91 Å². The van der Waals surface area contributed by atoms with E-state index in [4.69, 9.17) is 4.42 Å². The van der Waals surface area contributed by atoms with Gasteiger partial charge in [0, 0.05) is 24.0 Å². The molecule has 0 bridgehead atoms. The summed E-state index contributed by atoms with van der Waals surface area (Å²) < 4.78 is 5.44. The Bertz CT molecular complexity index is 1350. The van der Waals surface area contributed by atoms with Gasteiger partial charge in [0.15, 0.2) is 0 Å². The fraction of sp³-hybridized carbons (Fsp3) is 0.214. The van der Waals surface area contributed by atoms with Gasteiger partial charge in [-0.3, -0.25) is 4.79 Å². The van der Waals surface area contributed by atoms with Crippen LogP contribution in [0, 0.1) is 5.92 Å². The second-order valence-electron chi connectivity index (χ2n) is 8.70. The Labute approximate surface area is 192 Å². The third-order valence-corrected chi connectivity index (χ3v) is 6.38. The minimum Gasteiger partial charge on any atom is -0.422 e. The van der Waals surface area contributed by atoms with Crippen molar-refractivity contribution in [2.24, 2.45) is 5.92 Å². The zero-order valence-corrected chi connectivity index (χ0v) is 18.6. The van der Waals surface area contributed by atoms with E-state index in [1.807, 2.05) is 42.5 Å². The molecule has 1 fully saturated rings. The SMILES string of the molecule is CC1CCN(c2ccccc2NC(=O)c2ccc(-c3cc4ccccc4oc3=O)cc2)CC1. The average molecular weight is 439 g/mol. The third-order valence-electron chi connectivity index (χ3n) is 6.38. The lowest BCUT2D eigenvalue weighted by Gasteiger charge is -2.33. The lowest BCUT2D eigenvalue weighted by Crippen LogP contribution is -2.33. The minimum absolute atomic E-state index is 0.176. The fourth-order valence-electron chi connectivity index (χ4n) is 4.36. The molecule has 33 heavy (non-hydrogen) atoms. The monoisotopic (exact) mass is 438 g/mol. The van der Waals surface area contributed by atoms with Gasteiger partial charge < -0.3 is 14.6 Å². The quantitative estimate of drug-likeness (QED) is 0.400. The van der Waals surface area contributed by atoms with Gasteiger partial charge in [-0.1, -0.05) is 49.4 Å². The Morgan fingerprint density at radius 1 is 0.939 bits per heavy atom. The summed E-state index contributed by atoms with van der Waals surface area (Å²) in [7, 11) is 0. The van der Waals surface area contributed by atoms with Crippen molar-refractivity contribution in [3.63, 3.8) is 0 Å². The average Bonchev–Trinajstić information content (AvgIpc) is 2.85. The fourth-order valence-corrected chi connectivity index (χ4v) is 4.36. The number of carbonyl (C=O) groups excluding carboxylic acids is 1. The summed E-state index contributed by atoms with van der Waals surface area (Å²) in [6.45, 7) is 4.28. The zero-order chi connectivity index (χ0) is 22.8. The Morgan fingerprint density at radius 2 is 1.64 bits per heavy atom. The third kappa shape index (κ3) is 4.40. The van der Waals surface area contributed by atoms with Gasteiger partial charge in [-0.2, -0.15) is 0 Å². The molecule has 0 atom stereocenters. The predicted octanol–water partition coefficient (Wildman–Crippen LogP) is 5.95. The predicted molar refractivity (Wildman–Crippen MR) is 133 cm³/mol. The van der Waals surface area contributed by atoms with Gasteiger partial charge in [0.2, 0.25) is 0 Å². The maximum atomic E-state index is 13.0. The van der Waals surface area contributed by atoms with Crippen molar-refractivity contribution in [3.8, 4) is 11.1 Å². The topological polar surface area (TPSA) is 62.6 Å². The molecule has 1 amide bonds. The van der Waals surface area contributed by atoms with Gasteiger partial charge in [-0.05, 0) is 60.7 Å². The lowest BCUT2D eigenvalue weighted by atomic mass is 9.98. The molecule has 0 radical (unpaired) electrons. The number of rotatable bonds is 4. The van der Waals surface area contributed by atoms with Crippen LogP contribution in [-0.2, 0) is 0 Å². The molecule has 3 aromatic carbocycles. The normalized spacial score (nSPS) is 14.4. The molecule has 0 unspecified atom stereocenters. The number of hydrogen-bond donors (Lipinski definition) is 1. The molecule has 0 spiro atoms. The minimum atomic E-state index is -0.393. The van der Waals surface area contributed by atoms with Gasteiger partial charge in [-0.15, -0.1) is 0 Å². The van der Waals surface area contributed by atoms with Crippen LogP contribution in [0.25, 0.3) is 22.1 Å². The van der Waals surface area contributed by atoms with Crippen LogP contribution in [0.3, 0.4) is 0 Å². The summed E-state index contributed by atoms with van der Waals surface area (Å²) in [6.07, 6.45) is 2.32. The van der Waals surface area contributed by atoms with Crippen molar-refractivity contribution in [1.82, 2.24) is 0 Å². The van der Waals surface area contributed by atoms with E-state index in [9.17, 15) is 9.59 Å². The molecule has 166 valence electrons. The first-order valence-electron chi connectivity index (χ1n) is 11.4. The van der Waals surface area contributed by atoms with E-state index in [1.54, 1.807) is 30.3 Å².